The smallest absolute Gasteiger partial charge is 0.324 e. The van der Waals surface area contributed by atoms with Gasteiger partial charge in [-0.3, -0.25) is 4.79 Å². The van der Waals surface area contributed by atoms with Gasteiger partial charge in [-0.1, -0.05) is 13.8 Å². The number of methoxy groups -OCH3 is 1. The first-order valence-corrected chi connectivity index (χ1v) is 8.05. The molecule has 0 heterocycles. The van der Waals surface area contributed by atoms with Crippen molar-refractivity contribution in [3.05, 3.63) is 23.3 Å². The number of nitrogen functional groups attached to an aromatic ring is 1. The highest BCUT2D eigenvalue weighted by atomic mass is 32.2. The van der Waals surface area contributed by atoms with Crippen LogP contribution >= 0.6 is 0 Å². The number of sulfonamides is 1. The standard InChI is InChI=1S/C14H22N2O4S/c1-8(2)13(14(17)20-5)16-21(18,19)12-7-11(15)6-9(3)10(12)4/h6-8,13,16H,15H2,1-5H3. The summed E-state index contributed by atoms with van der Waals surface area (Å²) in [4.78, 5) is 11.8. The van der Waals surface area contributed by atoms with Crippen LogP contribution in [-0.2, 0) is 19.6 Å². The summed E-state index contributed by atoms with van der Waals surface area (Å²) >= 11 is 0. The molecular weight excluding hydrogens is 292 g/mol. The molecule has 0 amide bonds. The molecule has 3 N–H and O–H groups in total. The van der Waals surface area contributed by atoms with E-state index in [-0.39, 0.29) is 10.8 Å². The Morgan fingerprint density at radius 1 is 1.29 bits per heavy atom. The third-order valence-corrected chi connectivity index (χ3v) is 4.90. The highest BCUT2D eigenvalue weighted by Gasteiger charge is 2.30. The molecule has 118 valence electrons. The molecule has 7 heteroatoms. The molecule has 0 bridgehead atoms. The number of hydrogen-bond donors (Lipinski definition) is 2. The van der Waals surface area contributed by atoms with Gasteiger partial charge in [0.15, 0.2) is 0 Å². The van der Waals surface area contributed by atoms with Crippen LogP contribution in [0.2, 0.25) is 0 Å². The van der Waals surface area contributed by atoms with E-state index in [4.69, 9.17) is 5.73 Å². The fourth-order valence-electron chi connectivity index (χ4n) is 1.95. The Hall–Kier alpha value is -1.60. The summed E-state index contributed by atoms with van der Waals surface area (Å²) in [6, 6.07) is 2.15. The normalized spacial score (nSPS) is 13.2. The van der Waals surface area contributed by atoms with Crippen molar-refractivity contribution in [2.45, 2.75) is 38.6 Å². The van der Waals surface area contributed by atoms with Crippen LogP contribution in [0.3, 0.4) is 0 Å². The lowest BCUT2D eigenvalue weighted by molar-refractivity contribution is -0.143. The fraction of sp³-hybridized carbons (Fsp3) is 0.500. The van der Waals surface area contributed by atoms with Crippen LogP contribution in [0.4, 0.5) is 5.69 Å². The number of carbonyl (C=O) groups is 1. The van der Waals surface area contributed by atoms with Gasteiger partial charge in [-0.2, -0.15) is 4.72 Å². The number of rotatable bonds is 5. The number of carbonyl (C=O) groups excluding carboxylic acids is 1. The predicted octanol–water partition coefficient (Wildman–Crippen LogP) is 1.36. The van der Waals surface area contributed by atoms with Crippen molar-refractivity contribution < 1.29 is 17.9 Å². The fourth-order valence-corrected chi connectivity index (χ4v) is 3.63. The number of nitrogens with one attached hydrogen (secondary N) is 1. The third-order valence-electron chi connectivity index (χ3n) is 3.34. The van der Waals surface area contributed by atoms with Gasteiger partial charge in [0.2, 0.25) is 10.0 Å². The van der Waals surface area contributed by atoms with E-state index in [0.29, 0.717) is 11.3 Å². The summed E-state index contributed by atoms with van der Waals surface area (Å²) < 4.78 is 32.1. The lowest BCUT2D eigenvalue weighted by Gasteiger charge is -2.21. The topological polar surface area (TPSA) is 98.5 Å². The zero-order valence-electron chi connectivity index (χ0n) is 12.9. The lowest BCUT2D eigenvalue weighted by atomic mass is 10.1. The molecule has 0 aliphatic heterocycles. The molecule has 0 aliphatic carbocycles. The zero-order chi connectivity index (χ0) is 16.4. The number of benzene rings is 1. The molecule has 0 spiro atoms. The largest absolute Gasteiger partial charge is 0.468 e. The molecule has 0 saturated heterocycles. The number of ether oxygens (including phenoxy) is 1. The van der Waals surface area contributed by atoms with Crippen molar-refractivity contribution in [2.24, 2.45) is 5.92 Å². The number of aryl methyl sites for hydroxylation is 1. The van der Waals surface area contributed by atoms with Gasteiger partial charge in [0, 0.05) is 5.69 Å². The second-order valence-corrected chi connectivity index (χ2v) is 7.01. The number of nitrogens with two attached hydrogens (primary N) is 1. The van der Waals surface area contributed by atoms with E-state index in [0.717, 1.165) is 5.56 Å². The molecule has 0 aromatic heterocycles. The first-order valence-electron chi connectivity index (χ1n) is 6.57. The summed E-state index contributed by atoms with van der Waals surface area (Å²) in [6.45, 7) is 6.96. The van der Waals surface area contributed by atoms with Gasteiger partial charge in [0.1, 0.15) is 6.04 Å². The average molecular weight is 314 g/mol. The van der Waals surface area contributed by atoms with Gasteiger partial charge in [-0.25, -0.2) is 8.42 Å². The third kappa shape index (κ3) is 3.95. The van der Waals surface area contributed by atoms with E-state index in [1.54, 1.807) is 33.8 Å². The molecule has 1 rings (SSSR count). The van der Waals surface area contributed by atoms with Crippen molar-refractivity contribution in [1.82, 2.24) is 4.72 Å². The summed E-state index contributed by atoms with van der Waals surface area (Å²) in [5.41, 5.74) is 7.45. The Morgan fingerprint density at radius 2 is 1.86 bits per heavy atom. The van der Waals surface area contributed by atoms with Gasteiger partial charge in [0.25, 0.3) is 0 Å². The molecule has 6 nitrogen and oxygen atoms in total. The molecule has 0 radical (unpaired) electrons. The summed E-state index contributed by atoms with van der Waals surface area (Å²) in [7, 11) is -2.64. The highest BCUT2D eigenvalue weighted by molar-refractivity contribution is 7.89. The maximum absolute atomic E-state index is 12.5. The van der Waals surface area contributed by atoms with Crippen molar-refractivity contribution in [3.63, 3.8) is 0 Å². The van der Waals surface area contributed by atoms with Gasteiger partial charge in [-0.15, -0.1) is 0 Å². The van der Waals surface area contributed by atoms with Crippen LogP contribution in [-0.4, -0.2) is 27.5 Å². The first-order chi connectivity index (χ1) is 9.60. The van der Waals surface area contributed by atoms with Gasteiger partial charge in [0.05, 0.1) is 12.0 Å². The molecule has 21 heavy (non-hydrogen) atoms. The first kappa shape index (κ1) is 17.5. The van der Waals surface area contributed by atoms with E-state index in [1.165, 1.54) is 13.2 Å². The average Bonchev–Trinajstić information content (AvgIpc) is 2.38. The second-order valence-electron chi connectivity index (χ2n) is 5.33. The molecule has 0 aliphatic rings. The van der Waals surface area contributed by atoms with Crippen LogP contribution in [0.25, 0.3) is 0 Å². The molecule has 0 fully saturated rings. The minimum Gasteiger partial charge on any atom is -0.468 e. The monoisotopic (exact) mass is 314 g/mol. The van der Waals surface area contributed by atoms with Gasteiger partial charge < -0.3 is 10.5 Å². The van der Waals surface area contributed by atoms with Gasteiger partial charge in [-0.05, 0) is 43.0 Å². The van der Waals surface area contributed by atoms with Crippen molar-refractivity contribution in [1.29, 1.82) is 0 Å². The van der Waals surface area contributed by atoms with Gasteiger partial charge >= 0.3 is 5.97 Å². The Kier molecular flexibility index (Phi) is 5.36. The van der Waals surface area contributed by atoms with Crippen molar-refractivity contribution in [3.8, 4) is 0 Å². The number of anilines is 1. The Bertz CT molecular complexity index is 639. The summed E-state index contributed by atoms with van der Waals surface area (Å²) in [5, 5.41) is 0. The number of esters is 1. The van der Waals surface area contributed by atoms with Crippen LogP contribution in [0.15, 0.2) is 17.0 Å². The summed E-state index contributed by atoms with van der Waals surface area (Å²) in [5.74, 6) is -0.860. The van der Waals surface area contributed by atoms with E-state index >= 15 is 0 Å². The highest BCUT2D eigenvalue weighted by Crippen LogP contribution is 2.23. The maximum atomic E-state index is 12.5. The molecular formula is C14H22N2O4S. The van der Waals surface area contributed by atoms with Crippen LogP contribution in [0, 0.1) is 19.8 Å². The van der Waals surface area contributed by atoms with Crippen LogP contribution in [0.5, 0.6) is 0 Å². The quantitative estimate of drug-likeness (QED) is 0.631. The molecule has 1 unspecified atom stereocenters. The van der Waals surface area contributed by atoms with E-state index < -0.39 is 22.0 Å². The summed E-state index contributed by atoms with van der Waals surface area (Å²) in [6.07, 6.45) is 0. The Balaban J connectivity index is 3.26. The minimum absolute atomic E-state index is 0.0783. The second kappa shape index (κ2) is 6.44. The number of hydrogen-bond acceptors (Lipinski definition) is 5. The van der Waals surface area contributed by atoms with Crippen molar-refractivity contribution >= 4 is 21.7 Å². The van der Waals surface area contributed by atoms with E-state index in [9.17, 15) is 13.2 Å². The lowest BCUT2D eigenvalue weighted by Crippen LogP contribution is -2.45. The molecule has 1 atom stereocenters. The molecule has 1 aromatic carbocycles. The zero-order valence-corrected chi connectivity index (χ0v) is 13.7. The molecule has 1 aromatic rings. The minimum atomic E-state index is -3.87. The van der Waals surface area contributed by atoms with E-state index in [1.807, 2.05) is 0 Å². The van der Waals surface area contributed by atoms with Crippen LogP contribution in [0.1, 0.15) is 25.0 Å². The molecule has 0 saturated carbocycles. The van der Waals surface area contributed by atoms with Crippen LogP contribution < -0.4 is 10.5 Å². The Labute approximate surface area is 125 Å². The Morgan fingerprint density at radius 3 is 2.33 bits per heavy atom. The van der Waals surface area contributed by atoms with Crippen molar-refractivity contribution in [2.75, 3.05) is 12.8 Å². The maximum Gasteiger partial charge on any atom is 0.324 e. The predicted molar refractivity (Wildman–Crippen MR) is 81.3 cm³/mol. The SMILES string of the molecule is COC(=O)C(NS(=O)(=O)c1cc(N)cc(C)c1C)C(C)C. The van der Waals surface area contributed by atoms with E-state index in [2.05, 4.69) is 9.46 Å².